The zero-order valence-corrected chi connectivity index (χ0v) is 9.75. The smallest absolute Gasteiger partial charge is 0.271 e. The number of benzene rings is 1. The number of ether oxygens (including phenoxy) is 1. The number of nitro benzene ring substituents is 1. The van der Waals surface area contributed by atoms with E-state index in [0.29, 0.717) is 14.7 Å². The number of non-ortho nitro benzene ring substituents is 1. The van der Waals surface area contributed by atoms with Crippen LogP contribution in [0.15, 0.2) is 21.1 Å². The topological polar surface area (TPSA) is 52.4 Å². The summed E-state index contributed by atoms with van der Waals surface area (Å²) in [5.74, 6) is 0.547. The summed E-state index contributed by atoms with van der Waals surface area (Å²) in [6.07, 6.45) is 0. The first-order chi connectivity index (χ1) is 6.06. The van der Waals surface area contributed by atoms with Gasteiger partial charge in [0, 0.05) is 12.1 Å². The van der Waals surface area contributed by atoms with E-state index in [4.69, 9.17) is 4.74 Å². The number of methoxy groups -OCH3 is 1. The average Bonchev–Trinajstić information content (AvgIpc) is 2.03. The van der Waals surface area contributed by atoms with Crippen LogP contribution in [-0.4, -0.2) is 12.0 Å². The standard InChI is InChI=1S/C7H5Br2NO3/c1-13-7-5(8)2-4(10(11)12)3-6(7)9/h2-3H,1H3. The Morgan fingerprint density at radius 2 is 1.85 bits per heavy atom. The molecule has 0 amide bonds. The molecule has 0 fully saturated rings. The molecule has 1 aromatic rings. The van der Waals surface area contributed by atoms with Crippen LogP contribution in [0.1, 0.15) is 0 Å². The van der Waals surface area contributed by atoms with Gasteiger partial charge in [-0.1, -0.05) is 0 Å². The minimum absolute atomic E-state index is 0.0135. The van der Waals surface area contributed by atoms with Gasteiger partial charge in [0.25, 0.3) is 5.69 Å². The SMILES string of the molecule is COc1c(Br)cc([N+](=O)[O-])cc1Br. The van der Waals surface area contributed by atoms with Gasteiger partial charge in [-0.2, -0.15) is 0 Å². The van der Waals surface area contributed by atoms with Gasteiger partial charge in [0.15, 0.2) is 0 Å². The minimum atomic E-state index is -0.463. The van der Waals surface area contributed by atoms with Crippen molar-refractivity contribution in [1.29, 1.82) is 0 Å². The van der Waals surface area contributed by atoms with Crippen LogP contribution in [-0.2, 0) is 0 Å². The van der Waals surface area contributed by atoms with E-state index < -0.39 is 4.92 Å². The van der Waals surface area contributed by atoms with Gasteiger partial charge >= 0.3 is 0 Å². The lowest BCUT2D eigenvalue weighted by molar-refractivity contribution is -0.385. The first-order valence-corrected chi connectivity index (χ1v) is 4.82. The summed E-state index contributed by atoms with van der Waals surface area (Å²) < 4.78 is 6.10. The Hall–Kier alpha value is -0.620. The van der Waals surface area contributed by atoms with Crippen LogP contribution >= 0.6 is 31.9 Å². The Morgan fingerprint density at radius 1 is 1.38 bits per heavy atom. The molecule has 13 heavy (non-hydrogen) atoms. The minimum Gasteiger partial charge on any atom is -0.494 e. The van der Waals surface area contributed by atoms with Gasteiger partial charge in [-0.25, -0.2) is 0 Å². The van der Waals surface area contributed by atoms with Gasteiger partial charge < -0.3 is 4.74 Å². The number of nitrogens with zero attached hydrogens (tertiary/aromatic N) is 1. The molecule has 0 bridgehead atoms. The second-order valence-electron chi connectivity index (χ2n) is 2.20. The predicted octanol–water partition coefficient (Wildman–Crippen LogP) is 3.13. The average molecular weight is 311 g/mol. The molecular formula is C7H5Br2NO3. The molecule has 1 rings (SSSR count). The van der Waals surface area contributed by atoms with Gasteiger partial charge in [0.2, 0.25) is 0 Å². The zero-order valence-electron chi connectivity index (χ0n) is 6.58. The van der Waals surface area contributed by atoms with Crippen LogP contribution in [0.2, 0.25) is 0 Å². The van der Waals surface area contributed by atoms with E-state index in [2.05, 4.69) is 31.9 Å². The van der Waals surface area contributed by atoms with Crippen LogP contribution in [0.25, 0.3) is 0 Å². The first-order valence-electron chi connectivity index (χ1n) is 3.23. The van der Waals surface area contributed by atoms with Gasteiger partial charge in [0.1, 0.15) is 5.75 Å². The molecule has 0 spiro atoms. The molecule has 0 aromatic heterocycles. The molecule has 0 saturated carbocycles. The molecule has 0 radical (unpaired) electrons. The van der Waals surface area contributed by atoms with Crippen LogP contribution in [0.5, 0.6) is 5.75 Å². The molecule has 0 saturated heterocycles. The zero-order chi connectivity index (χ0) is 10.0. The molecule has 0 heterocycles. The maximum absolute atomic E-state index is 10.4. The molecule has 6 heteroatoms. The summed E-state index contributed by atoms with van der Waals surface area (Å²) in [4.78, 5) is 9.96. The van der Waals surface area contributed by atoms with Crippen LogP contribution in [0, 0.1) is 10.1 Å². The number of hydrogen-bond acceptors (Lipinski definition) is 3. The highest BCUT2D eigenvalue weighted by molar-refractivity contribution is 9.11. The molecule has 0 N–H and O–H groups in total. The highest BCUT2D eigenvalue weighted by Crippen LogP contribution is 2.36. The van der Waals surface area contributed by atoms with Crippen molar-refractivity contribution in [3.8, 4) is 5.75 Å². The number of nitro groups is 1. The van der Waals surface area contributed by atoms with Crippen molar-refractivity contribution >= 4 is 37.5 Å². The molecule has 70 valence electrons. The second kappa shape index (κ2) is 4.06. The lowest BCUT2D eigenvalue weighted by atomic mass is 10.3. The molecule has 0 aliphatic carbocycles. The highest BCUT2D eigenvalue weighted by atomic mass is 79.9. The van der Waals surface area contributed by atoms with Crippen molar-refractivity contribution in [3.63, 3.8) is 0 Å². The number of halogens is 2. The Bertz CT molecular complexity index is 331. The van der Waals surface area contributed by atoms with Crippen molar-refractivity contribution in [2.75, 3.05) is 7.11 Å². The van der Waals surface area contributed by atoms with Crippen LogP contribution < -0.4 is 4.74 Å². The quantitative estimate of drug-likeness (QED) is 0.623. The summed E-state index contributed by atoms with van der Waals surface area (Å²) in [5.41, 5.74) is 0.0135. The Kier molecular flexibility index (Phi) is 3.27. The number of rotatable bonds is 2. The van der Waals surface area contributed by atoms with Gasteiger partial charge in [-0.15, -0.1) is 0 Å². The van der Waals surface area contributed by atoms with Crippen LogP contribution in [0.3, 0.4) is 0 Å². The molecule has 0 unspecified atom stereocenters. The van der Waals surface area contributed by atoms with Crippen molar-refractivity contribution in [2.24, 2.45) is 0 Å². The molecule has 1 aromatic carbocycles. The van der Waals surface area contributed by atoms with E-state index >= 15 is 0 Å². The summed E-state index contributed by atoms with van der Waals surface area (Å²) in [6.45, 7) is 0. The van der Waals surface area contributed by atoms with Crippen molar-refractivity contribution in [2.45, 2.75) is 0 Å². The summed E-state index contributed by atoms with van der Waals surface area (Å²) in [7, 11) is 1.50. The first kappa shape index (κ1) is 10.5. The normalized spacial score (nSPS) is 9.77. The molecule has 0 aliphatic heterocycles. The van der Waals surface area contributed by atoms with Gasteiger partial charge in [-0.05, 0) is 31.9 Å². The Morgan fingerprint density at radius 3 is 2.15 bits per heavy atom. The summed E-state index contributed by atoms with van der Waals surface area (Å²) >= 11 is 6.33. The monoisotopic (exact) mass is 309 g/mol. The van der Waals surface area contributed by atoms with E-state index in [-0.39, 0.29) is 5.69 Å². The van der Waals surface area contributed by atoms with Gasteiger partial charge in [-0.3, -0.25) is 10.1 Å². The van der Waals surface area contributed by atoms with E-state index in [0.717, 1.165) is 0 Å². The van der Waals surface area contributed by atoms with E-state index in [1.165, 1.54) is 19.2 Å². The van der Waals surface area contributed by atoms with Gasteiger partial charge in [0.05, 0.1) is 21.0 Å². The summed E-state index contributed by atoms with van der Waals surface area (Å²) in [5, 5.41) is 10.4. The Labute approximate surface area is 91.3 Å². The third-order valence-corrected chi connectivity index (χ3v) is 2.58. The van der Waals surface area contributed by atoms with Crippen molar-refractivity contribution in [1.82, 2.24) is 0 Å². The maximum Gasteiger partial charge on any atom is 0.271 e. The largest absolute Gasteiger partial charge is 0.494 e. The van der Waals surface area contributed by atoms with Crippen molar-refractivity contribution in [3.05, 3.63) is 31.2 Å². The van der Waals surface area contributed by atoms with Crippen LogP contribution in [0.4, 0.5) is 5.69 Å². The fourth-order valence-corrected chi connectivity index (χ4v) is 2.33. The van der Waals surface area contributed by atoms with E-state index in [1.807, 2.05) is 0 Å². The highest BCUT2D eigenvalue weighted by Gasteiger charge is 2.13. The predicted molar refractivity (Wildman–Crippen MR) is 55.0 cm³/mol. The lowest BCUT2D eigenvalue weighted by Crippen LogP contribution is -1.91. The fraction of sp³-hybridized carbons (Fsp3) is 0.143. The third-order valence-electron chi connectivity index (χ3n) is 1.40. The molecule has 0 aliphatic rings. The third kappa shape index (κ3) is 2.19. The summed E-state index contributed by atoms with van der Waals surface area (Å²) in [6, 6.07) is 2.78. The fourth-order valence-electron chi connectivity index (χ4n) is 0.847. The Balaban J connectivity index is 3.28. The number of hydrogen-bond donors (Lipinski definition) is 0. The second-order valence-corrected chi connectivity index (χ2v) is 3.91. The molecule has 4 nitrogen and oxygen atoms in total. The van der Waals surface area contributed by atoms with E-state index in [1.54, 1.807) is 0 Å². The molecular weight excluding hydrogens is 306 g/mol. The van der Waals surface area contributed by atoms with E-state index in [9.17, 15) is 10.1 Å². The molecule has 0 atom stereocenters. The lowest BCUT2D eigenvalue weighted by Gasteiger charge is -2.04. The maximum atomic E-state index is 10.4. The van der Waals surface area contributed by atoms with Crippen molar-refractivity contribution < 1.29 is 9.66 Å².